The molecule has 5 nitrogen and oxygen atoms in total. The van der Waals surface area contributed by atoms with E-state index in [1.54, 1.807) is 4.90 Å². The van der Waals surface area contributed by atoms with Crippen LogP contribution < -0.4 is 11.1 Å². The topological polar surface area (TPSA) is 75.4 Å². The number of rotatable bonds is 3. The second kappa shape index (κ2) is 6.13. The average molecular weight is 223 g/mol. The summed E-state index contributed by atoms with van der Waals surface area (Å²) in [5.41, 5.74) is 5.30. The SMILES string of the molecule is C#CC(=O)N1CCCC(C(=O)NCCN)C1. The van der Waals surface area contributed by atoms with Crippen LogP contribution in [0.3, 0.4) is 0 Å². The first kappa shape index (κ1) is 12.5. The molecule has 0 aromatic carbocycles. The second-order valence-electron chi connectivity index (χ2n) is 3.81. The molecule has 0 aromatic rings. The predicted molar refractivity (Wildman–Crippen MR) is 60.2 cm³/mol. The molecular formula is C11H17N3O2. The van der Waals surface area contributed by atoms with Crippen molar-refractivity contribution in [1.82, 2.24) is 10.2 Å². The van der Waals surface area contributed by atoms with Gasteiger partial charge in [-0.3, -0.25) is 9.59 Å². The summed E-state index contributed by atoms with van der Waals surface area (Å²) in [6.07, 6.45) is 6.66. The highest BCUT2D eigenvalue weighted by molar-refractivity contribution is 5.93. The first-order valence-corrected chi connectivity index (χ1v) is 5.42. The second-order valence-corrected chi connectivity index (χ2v) is 3.81. The van der Waals surface area contributed by atoms with E-state index < -0.39 is 0 Å². The van der Waals surface area contributed by atoms with Crippen LogP contribution >= 0.6 is 0 Å². The first-order chi connectivity index (χ1) is 7.69. The molecule has 1 fully saturated rings. The van der Waals surface area contributed by atoms with Gasteiger partial charge < -0.3 is 16.0 Å². The number of nitrogens with zero attached hydrogens (tertiary/aromatic N) is 1. The highest BCUT2D eigenvalue weighted by Crippen LogP contribution is 2.16. The van der Waals surface area contributed by atoms with Gasteiger partial charge in [0, 0.05) is 26.2 Å². The molecule has 1 saturated heterocycles. The Morgan fingerprint density at radius 3 is 2.94 bits per heavy atom. The van der Waals surface area contributed by atoms with Gasteiger partial charge in [0.1, 0.15) is 0 Å². The van der Waals surface area contributed by atoms with Crippen LogP contribution in [0, 0.1) is 18.3 Å². The third-order valence-corrected chi connectivity index (χ3v) is 2.65. The fourth-order valence-corrected chi connectivity index (χ4v) is 1.81. The monoisotopic (exact) mass is 223 g/mol. The Bertz CT molecular complexity index is 309. The number of carbonyl (C=O) groups excluding carboxylic acids is 2. The van der Waals surface area contributed by atoms with Crippen LogP contribution in [0.2, 0.25) is 0 Å². The largest absolute Gasteiger partial charge is 0.355 e. The van der Waals surface area contributed by atoms with Crippen molar-refractivity contribution in [3.63, 3.8) is 0 Å². The van der Waals surface area contributed by atoms with Crippen LogP contribution in [0.15, 0.2) is 0 Å². The van der Waals surface area contributed by atoms with Crippen molar-refractivity contribution in [1.29, 1.82) is 0 Å². The summed E-state index contributed by atoms with van der Waals surface area (Å²) in [4.78, 5) is 24.5. The predicted octanol–water partition coefficient (Wildman–Crippen LogP) is -1.07. The number of hydrogen-bond donors (Lipinski definition) is 2. The smallest absolute Gasteiger partial charge is 0.298 e. The quantitative estimate of drug-likeness (QED) is 0.598. The van der Waals surface area contributed by atoms with Gasteiger partial charge in [-0.2, -0.15) is 0 Å². The van der Waals surface area contributed by atoms with Crippen LogP contribution in [-0.4, -0.2) is 42.9 Å². The van der Waals surface area contributed by atoms with Gasteiger partial charge in [-0.25, -0.2) is 0 Å². The van der Waals surface area contributed by atoms with Crippen molar-refractivity contribution in [3.05, 3.63) is 0 Å². The van der Waals surface area contributed by atoms with Gasteiger partial charge in [0.05, 0.1) is 5.92 Å². The number of nitrogens with one attached hydrogen (secondary N) is 1. The van der Waals surface area contributed by atoms with E-state index in [0.717, 1.165) is 12.8 Å². The van der Waals surface area contributed by atoms with Gasteiger partial charge >= 0.3 is 0 Å². The lowest BCUT2D eigenvalue weighted by atomic mass is 9.97. The van der Waals surface area contributed by atoms with Crippen molar-refractivity contribution in [3.8, 4) is 12.3 Å². The molecule has 88 valence electrons. The highest BCUT2D eigenvalue weighted by atomic mass is 16.2. The minimum absolute atomic E-state index is 0.0417. The van der Waals surface area contributed by atoms with E-state index in [1.807, 2.05) is 0 Å². The van der Waals surface area contributed by atoms with Gasteiger partial charge in [-0.1, -0.05) is 0 Å². The van der Waals surface area contributed by atoms with E-state index in [1.165, 1.54) is 0 Å². The molecule has 1 atom stereocenters. The Morgan fingerprint density at radius 1 is 1.56 bits per heavy atom. The maximum Gasteiger partial charge on any atom is 0.298 e. The fourth-order valence-electron chi connectivity index (χ4n) is 1.81. The van der Waals surface area contributed by atoms with E-state index in [9.17, 15) is 9.59 Å². The van der Waals surface area contributed by atoms with Gasteiger partial charge in [-0.15, -0.1) is 6.42 Å². The Kier molecular flexibility index (Phi) is 4.80. The van der Waals surface area contributed by atoms with Crippen LogP contribution in [0.1, 0.15) is 12.8 Å². The van der Waals surface area contributed by atoms with Crippen molar-refractivity contribution < 1.29 is 9.59 Å². The Morgan fingerprint density at radius 2 is 2.31 bits per heavy atom. The zero-order valence-corrected chi connectivity index (χ0v) is 9.24. The zero-order chi connectivity index (χ0) is 12.0. The number of carbonyl (C=O) groups is 2. The van der Waals surface area contributed by atoms with Crippen LogP contribution in [0.5, 0.6) is 0 Å². The molecule has 0 saturated carbocycles. The molecule has 1 rings (SSSR count). The summed E-state index contributed by atoms with van der Waals surface area (Å²) in [6.45, 7) is 1.95. The standard InChI is InChI=1S/C11H17N3O2/c1-2-10(15)14-7-3-4-9(8-14)11(16)13-6-5-12/h1,9H,3-8,12H2,(H,13,16). The van der Waals surface area contributed by atoms with Crippen molar-refractivity contribution in [2.75, 3.05) is 26.2 Å². The van der Waals surface area contributed by atoms with Crippen LogP contribution in [0.4, 0.5) is 0 Å². The zero-order valence-electron chi connectivity index (χ0n) is 9.24. The van der Waals surface area contributed by atoms with Crippen molar-refractivity contribution in [2.24, 2.45) is 11.7 Å². The summed E-state index contributed by atoms with van der Waals surface area (Å²) in [6, 6.07) is 0. The summed E-state index contributed by atoms with van der Waals surface area (Å²) in [5.74, 6) is 1.54. The number of nitrogens with two attached hydrogens (primary N) is 1. The van der Waals surface area contributed by atoms with Crippen molar-refractivity contribution in [2.45, 2.75) is 12.8 Å². The highest BCUT2D eigenvalue weighted by Gasteiger charge is 2.27. The minimum Gasteiger partial charge on any atom is -0.355 e. The Labute approximate surface area is 95.4 Å². The summed E-state index contributed by atoms with van der Waals surface area (Å²) in [7, 11) is 0. The lowest BCUT2D eigenvalue weighted by Crippen LogP contribution is -2.45. The van der Waals surface area contributed by atoms with Crippen LogP contribution in [-0.2, 0) is 9.59 Å². The maximum absolute atomic E-state index is 11.7. The molecule has 0 aliphatic carbocycles. The van der Waals surface area contributed by atoms with E-state index in [0.29, 0.717) is 26.2 Å². The third-order valence-electron chi connectivity index (χ3n) is 2.65. The van der Waals surface area contributed by atoms with E-state index in [2.05, 4.69) is 11.2 Å². The van der Waals surface area contributed by atoms with E-state index in [4.69, 9.17) is 12.2 Å². The number of piperidine rings is 1. The molecule has 0 spiro atoms. The normalized spacial score (nSPS) is 20.0. The number of terminal acetylenes is 1. The van der Waals surface area contributed by atoms with E-state index in [-0.39, 0.29) is 17.7 Å². The lowest BCUT2D eigenvalue weighted by Gasteiger charge is -2.30. The molecule has 1 aliphatic rings. The first-order valence-electron chi connectivity index (χ1n) is 5.42. The number of amides is 2. The molecule has 0 bridgehead atoms. The molecule has 0 radical (unpaired) electrons. The molecule has 5 heteroatoms. The fraction of sp³-hybridized carbons (Fsp3) is 0.636. The number of hydrogen-bond acceptors (Lipinski definition) is 3. The van der Waals surface area contributed by atoms with Crippen molar-refractivity contribution >= 4 is 11.8 Å². The number of likely N-dealkylation sites (tertiary alicyclic amines) is 1. The molecule has 0 aromatic heterocycles. The maximum atomic E-state index is 11.7. The molecule has 1 heterocycles. The Balaban J connectivity index is 2.47. The summed E-state index contributed by atoms with van der Waals surface area (Å²) >= 11 is 0. The molecule has 16 heavy (non-hydrogen) atoms. The minimum atomic E-state index is -0.337. The molecule has 1 aliphatic heterocycles. The summed E-state index contributed by atoms with van der Waals surface area (Å²) in [5, 5.41) is 2.73. The lowest BCUT2D eigenvalue weighted by molar-refractivity contribution is -0.131. The van der Waals surface area contributed by atoms with Crippen LogP contribution in [0.25, 0.3) is 0 Å². The van der Waals surface area contributed by atoms with Gasteiger partial charge in [0.15, 0.2) is 0 Å². The molecule has 1 unspecified atom stereocenters. The van der Waals surface area contributed by atoms with Gasteiger partial charge in [0.2, 0.25) is 5.91 Å². The molecule has 3 N–H and O–H groups in total. The third kappa shape index (κ3) is 3.24. The van der Waals surface area contributed by atoms with Gasteiger partial charge in [0.25, 0.3) is 5.91 Å². The Hall–Kier alpha value is -1.54. The molecule has 2 amide bonds. The van der Waals surface area contributed by atoms with E-state index >= 15 is 0 Å². The summed E-state index contributed by atoms with van der Waals surface area (Å²) < 4.78 is 0. The molecular weight excluding hydrogens is 206 g/mol. The van der Waals surface area contributed by atoms with Gasteiger partial charge in [-0.05, 0) is 18.8 Å². The average Bonchev–Trinajstić information content (AvgIpc) is 2.35.